The molecule has 0 fully saturated rings. The van der Waals surface area contributed by atoms with E-state index in [4.69, 9.17) is 10.5 Å². The summed E-state index contributed by atoms with van der Waals surface area (Å²) < 4.78 is 18.0. The molecule has 2 N–H and O–H groups in total. The summed E-state index contributed by atoms with van der Waals surface area (Å²) in [6.45, 7) is 5.62. The van der Waals surface area contributed by atoms with Crippen LogP contribution in [0.3, 0.4) is 0 Å². The van der Waals surface area contributed by atoms with Crippen molar-refractivity contribution in [2.45, 2.75) is 26.4 Å². The lowest BCUT2D eigenvalue weighted by atomic mass is 10.2. The number of rotatable bonds is 1. The lowest BCUT2D eigenvalue weighted by molar-refractivity contribution is 0.125. The van der Waals surface area contributed by atoms with Crippen LogP contribution in [0.1, 0.15) is 20.8 Å². The fraction of sp³-hybridized carbons (Fsp3) is 0.444. The molecule has 0 aliphatic rings. The van der Waals surface area contributed by atoms with Crippen LogP contribution in [0, 0.1) is 5.82 Å². The van der Waals surface area contributed by atoms with E-state index >= 15 is 0 Å². The van der Waals surface area contributed by atoms with E-state index in [1.165, 1.54) is 6.07 Å². The van der Waals surface area contributed by atoms with E-state index < -0.39 is 5.82 Å². The van der Waals surface area contributed by atoms with Crippen LogP contribution < -0.4 is 10.5 Å². The van der Waals surface area contributed by atoms with Gasteiger partial charge in [-0.25, -0.2) is 9.37 Å². The van der Waals surface area contributed by atoms with Gasteiger partial charge < -0.3 is 10.5 Å². The molecule has 0 bridgehead atoms. The molecule has 3 nitrogen and oxygen atoms in total. The molecule has 4 heteroatoms. The minimum atomic E-state index is -0.459. The van der Waals surface area contributed by atoms with Gasteiger partial charge in [0.1, 0.15) is 11.4 Å². The monoisotopic (exact) mass is 184 g/mol. The van der Waals surface area contributed by atoms with Crippen molar-refractivity contribution in [3.05, 3.63) is 18.1 Å². The maximum atomic E-state index is 12.6. The molecule has 1 aromatic heterocycles. The van der Waals surface area contributed by atoms with Gasteiger partial charge in [-0.3, -0.25) is 0 Å². The topological polar surface area (TPSA) is 48.1 Å². The molecule has 0 unspecified atom stereocenters. The molecular weight excluding hydrogens is 171 g/mol. The maximum Gasteiger partial charge on any atom is 0.237 e. The number of ether oxygens (including phenoxy) is 1. The van der Waals surface area contributed by atoms with Crippen molar-refractivity contribution in [1.82, 2.24) is 4.98 Å². The summed E-state index contributed by atoms with van der Waals surface area (Å²) in [6.07, 6.45) is 1.08. The number of nitrogen functional groups attached to an aromatic ring is 1. The number of nitrogens with zero attached hydrogens (tertiary/aromatic N) is 1. The minimum Gasteiger partial charge on any atom is -0.470 e. The van der Waals surface area contributed by atoms with Gasteiger partial charge in [-0.15, -0.1) is 0 Å². The van der Waals surface area contributed by atoms with Gasteiger partial charge in [0.15, 0.2) is 0 Å². The molecule has 13 heavy (non-hydrogen) atoms. The second-order valence-electron chi connectivity index (χ2n) is 3.76. The molecule has 0 atom stereocenters. The standard InChI is InChI=1S/C9H13FN2O/c1-9(2,3)13-8-7(11)4-6(10)5-12-8/h4-5H,11H2,1-3H3. The molecule has 1 heterocycles. The van der Waals surface area contributed by atoms with Gasteiger partial charge in [0.2, 0.25) is 5.88 Å². The van der Waals surface area contributed by atoms with Crippen molar-refractivity contribution in [2.24, 2.45) is 0 Å². The number of aromatic nitrogens is 1. The molecule has 0 radical (unpaired) electrons. The highest BCUT2D eigenvalue weighted by Gasteiger charge is 2.14. The largest absolute Gasteiger partial charge is 0.470 e. The van der Waals surface area contributed by atoms with Crippen LogP contribution in [0.4, 0.5) is 10.1 Å². The molecule has 0 aliphatic heterocycles. The van der Waals surface area contributed by atoms with Gasteiger partial charge in [0.25, 0.3) is 0 Å². The number of hydrogen-bond acceptors (Lipinski definition) is 3. The molecule has 1 aromatic rings. The van der Waals surface area contributed by atoms with Crippen molar-refractivity contribution < 1.29 is 9.13 Å². The first-order valence-electron chi connectivity index (χ1n) is 3.98. The molecular formula is C9H13FN2O. The molecule has 0 saturated carbocycles. The first-order valence-corrected chi connectivity index (χ1v) is 3.98. The van der Waals surface area contributed by atoms with E-state index in [9.17, 15) is 4.39 Å². The molecule has 0 spiro atoms. The van der Waals surface area contributed by atoms with E-state index in [2.05, 4.69) is 4.98 Å². The summed E-state index contributed by atoms with van der Waals surface area (Å²) >= 11 is 0. The zero-order chi connectivity index (χ0) is 10.1. The second kappa shape index (κ2) is 3.20. The van der Waals surface area contributed by atoms with Crippen molar-refractivity contribution in [1.29, 1.82) is 0 Å². The Morgan fingerprint density at radius 2 is 2.08 bits per heavy atom. The smallest absolute Gasteiger partial charge is 0.237 e. The van der Waals surface area contributed by atoms with Crippen LogP contribution in [0.25, 0.3) is 0 Å². The Bertz CT molecular complexity index is 307. The first-order chi connectivity index (χ1) is 5.88. The number of hydrogen-bond donors (Lipinski definition) is 1. The summed E-state index contributed by atoms with van der Waals surface area (Å²) in [5.41, 5.74) is 5.34. The Hall–Kier alpha value is -1.32. The van der Waals surface area contributed by atoms with Crippen molar-refractivity contribution in [3.8, 4) is 5.88 Å². The predicted octanol–water partition coefficient (Wildman–Crippen LogP) is 1.98. The molecule has 0 aromatic carbocycles. The van der Waals surface area contributed by atoms with Crippen LogP contribution >= 0.6 is 0 Å². The number of anilines is 1. The highest BCUT2D eigenvalue weighted by molar-refractivity contribution is 5.47. The Morgan fingerprint density at radius 1 is 1.46 bits per heavy atom. The van der Waals surface area contributed by atoms with E-state index in [-0.39, 0.29) is 17.2 Å². The Kier molecular flexibility index (Phi) is 2.40. The van der Waals surface area contributed by atoms with Gasteiger partial charge >= 0.3 is 0 Å². The lowest BCUT2D eigenvalue weighted by Gasteiger charge is -2.20. The normalized spacial score (nSPS) is 11.4. The van der Waals surface area contributed by atoms with E-state index in [0.29, 0.717) is 0 Å². The van der Waals surface area contributed by atoms with Crippen molar-refractivity contribution in [3.63, 3.8) is 0 Å². The highest BCUT2D eigenvalue weighted by atomic mass is 19.1. The summed E-state index contributed by atoms with van der Waals surface area (Å²) in [5.74, 6) is -0.187. The van der Waals surface area contributed by atoms with Gasteiger partial charge in [0, 0.05) is 6.07 Å². The third kappa shape index (κ3) is 2.89. The Labute approximate surface area is 76.7 Å². The van der Waals surface area contributed by atoms with Crippen LogP contribution in [0.15, 0.2) is 12.3 Å². The zero-order valence-corrected chi connectivity index (χ0v) is 7.97. The lowest BCUT2D eigenvalue weighted by Crippen LogP contribution is -2.24. The van der Waals surface area contributed by atoms with E-state index in [1.807, 2.05) is 20.8 Å². The Balaban J connectivity index is 2.90. The quantitative estimate of drug-likeness (QED) is 0.726. The predicted molar refractivity (Wildman–Crippen MR) is 49.0 cm³/mol. The zero-order valence-electron chi connectivity index (χ0n) is 7.97. The molecule has 1 rings (SSSR count). The summed E-state index contributed by atoms with van der Waals surface area (Å²) in [6, 6.07) is 1.19. The van der Waals surface area contributed by atoms with Crippen LogP contribution in [0.5, 0.6) is 5.88 Å². The average Bonchev–Trinajstić information content (AvgIpc) is 1.93. The number of nitrogens with two attached hydrogens (primary N) is 1. The van der Waals surface area contributed by atoms with Crippen molar-refractivity contribution in [2.75, 3.05) is 5.73 Å². The van der Waals surface area contributed by atoms with Crippen LogP contribution in [-0.4, -0.2) is 10.6 Å². The van der Waals surface area contributed by atoms with E-state index in [0.717, 1.165) is 6.20 Å². The van der Waals surface area contributed by atoms with Gasteiger partial charge in [-0.05, 0) is 20.8 Å². The molecule has 0 saturated heterocycles. The summed E-state index contributed by atoms with van der Waals surface area (Å²) in [5, 5.41) is 0. The second-order valence-corrected chi connectivity index (χ2v) is 3.76. The van der Waals surface area contributed by atoms with Crippen LogP contribution in [0.2, 0.25) is 0 Å². The van der Waals surface area contributed by atoms with Gasteiger partial charge in [-0.2, -0.15) is 0 Å². The molecule has 0 amide bonds. The first kappa shape index (κ1) is 9.77. The van der Waals surface area contributed by atoms with Crippen LogP contribution in [-0.2, 0) is 0 Å². The van der Waals surface area contributed by atoms with E-state index in [1.54, 1.807) is 0 Å². The Morgan fingerprint density at radius 3 is 2.54 bits per heavy atom. The fourth-order valence-electron chi connectivity index (χ4n) is 0.818. The summed E-state index contributed by atoms with van der Waals surface area (Å²) in [7, 11) is 0. The third-order valence-electron chi connectivity index (χ3n) is 1.25. The summed E-state index contributed by atoms with van der Waals surface area (Å²) in [4.78, 5) is 3.74. The average molecular weight is 184 g/mol. The SMILES string of the molecule is CC(C)(C)Oc1ncc(F)cc1N. The molecule has 0 aliphatic carbocycles. The number of halogens is 1. The number of pyridine rings is 1. The molecule has 72 valence electrons. The third-order valence-corrected chi connectivity index (χ3v) is 1.25. The highest BCUT2D eigenvalue weighted by Crippen LogP contribution is 2.22. The van der Waals surface area contributed by atoms with Gasteiger partial charge in [0.05, 0.1) is 11.9 Å². The fourth-order valence-corrected chi connectivity index (χ4v) is 0.818. The van der Waals surface area contributed by atoms with Gasteiger partial charge in [-0.1, -0.05) is 0 Å². The minimum absolute atomic E-state index is 0.218. The maximum absolute atomic E-state index is 12.6. The van der Waals surface area contributed by atoms with Crippen molar-refractivity contribution >= 4 is 5.69 Å².